The molecule has 0 aliphatic rings. The van der Waals surface area contributed by atoms with E-state index in [1.165, 1.54) is 0 Å². The van der Waals surface area contributed by atoms with E-state index in [1.54, 1.807) is 19.9 Å². The second kappa shape index (κ2) is 7.38. The Morgan fingerprint density at radius 3 is 2.60 bits per heavy atom. The zero-order valence-corrected chi connectivity index (χ0v) is 8.66. The van der Waals surface area contributed by atoms with Gasteiger partial charge in [0.2, 0.25) is 0 Å². The largest absolute Gasteiger partial charge is 0.462 e. The number of carbonyl (C=O) groups excluding carboxylic acids is 2. The predicted octanol–water partition coefficient (Wildman–Crippen LogP) is 0.276. The highest BCUT2D eigenvalue weighted by molar-refractivity contribution is 5.93. The molecule has 0 saturated carbocycles. The zero-order valence-electron chi connectivity index (χ0n) is 8.66. The Bertz CT molecular complexity index is 304. The number of nitrogens with one attached hydrogen (secondary N) is 2. The summed E-state index contributed by atoms with van der Waals surface area (Å²) in [5.41, 5.74) is -0.247. The van der Waals surface area contributed by atoms with Crippen molar-refractivity contribution in [2.75, 3.05) is 13.2 Å². The van der Waals surface area contributed by atoms with Gasteiger partial charge < -0.3 is 15.4 Å². The highest BCUT2D eigenvalue weighted by Gasteiger charge is 2.09. The molecule has 0 radical (unpaired) electrons. The molecule has 0 spiro atoms. The Morgan fingerprint density at radius 1 is 1.47 bits per heavy atom. The smallest absolute Gasteiger partial charge is 0.350 e. The van der Waals surface area contributed by atoms with Crippen LogP contribution < -0.4 is 10.6 Å². The van der Waals surface area contributed by atoms with E-state index in [0.717, 1.165) is 6.20 Å². The Morgan fingerprint density at radius 2 is 2.13 bits per heavy atom. The molecule has 0 heterocycles. The first-order valence-corrected chi connectivity index (χ1v) is 4.47. The summed E-state index contributed by atoms with van der Waals surface area (Å²) in [4.78, 5) is 22.0. The van der Waals surface area contributed by atoms with Gasteiger partial charge in [0.15, 0.2) is 5.57 Å². The zero-order chi connectivity index (χ0) is 11.7. The van der Waals surface area contributed by atoms with Crippen molar-refractivity contribution >= 4 is 12.0 Å². The molecule has 0 aliphatic heterocycles. The van der Waals surface area contributed by atoms with Gasteiger partial charge in [0.25, 0.3) is 0 Å². The van der Waals surface area contributed by atoms with Crippen molar-refractivity contribution in [3.63, 3.8) is 0 Å². The van der Waals surface area contributed by atoms with E-state index in [9.17, 15) is 9.59 Å². The van der Waals surface area contributed by atoms with Gasteiger partial charge in [-0.25, -0.2) is 9.59 Å². The van der Waals surface area contributed by atoms with Gasteiger partial charge in [-0.1, -0.05) is 0 Å². The standard InChI is InChI=1S/C9H13N3O3/c1-3-11-9(14)12-6-7(5-10)8(13)15-4-2/h6H,3-4H2,1-2H3,(H2,11,12,14)/b7-6+. The molecule has 0 unspecified atom stereocenters. The van der Waals surface area contributed by atoms with E-state index in [0.29, 0.717) is 6.54 Å². The van der Waals surface area contributed by atoms with Crippen LogP contribution in [0.3, 0.4) is 0 Å². The summed E-state index contributed by atoms with van der Waals surface area (Å²) in [6.07, 6.45) is 1.02. The van der Waals surface area contributed by atoms with Gasteiger partial charge in [-0.3, -0.25) is 0 Å². The van der Waals surface area contributed by atoms with Gasteiger partial charge in [-0.05, 0) is 13.8 Å². The predicted molar refractivity (Wildman–Crippen MR) is 52.5 cm³/mol. The van der Waals surface area contributed by atoms with E-state index in [-0.39, 0.29) is 12.2 Å². The lowest BCUT2D eigenvalue weighted by Gasteiger charge is -2.02. The fourth-order valence-corrected chi connectivity index (χ4v) is 0.695. The number of hydrogen-bond donors (Lipinski definition) is 2. The molecule has 0 fully saturated rings. The molecule has 0 aromatic rings. The third kappa shape index (κ3) is 5.31. The number of carbonyl (C=O) groups is 2. The molecule has 2 N–H and O–H groups in total. The van der Waals surface area contributed by atoms with Crippen LogP contribution in [0.1, 0.15) is 13.8 Å². The minimum Gasteiger partial charge on any atom is -0.462 e. The van der Waals surface area contributed by atoms with E-state index in [2.05, 4.69) is 15.4 Å². The molecule has 0 rings (SSSR count). The summed E-state index contributed by atoms with van der Waals surface area (Å²) in [6, 6.07) is 1.15. The molecular formula is C9H13N3O3. The van der Waals surface area contributed by atoms with Crippen LogP contribution in [0.5, 0.6) is 0 Å². The summed E-state index contributed by atoms with van der Waals surface area (Å²) in [5, 5.41) is 13.3. The average molecular weight is 211 g/mol. The monoisotopic (exact) mass is 211 g/mol. The SMILES string of the molecule is CCNC(=O)N/C=C(\C#N)C(=O)OCC. The van der Waals surface area contributed by atoms with Crippen molar-refractivity contribution in [2.45, 2.75) is 13.8 Å². The fraction of sp³-hybridized carbons (Fsp3) is 0.444. The fourth-order valence-electron chi connectivity index (χ4n) is 0.695. The molecule has 6 heteroatoms. The first-order chi connectivity index (χ1) is 7.15. The number of nitrogens with zero attached hydrogens (tertiary/aromatic N) is 1. The van der Waals surface area contributed by atoms with Gasteiger partial charge in [-0.15, -0.1) is 0 Å². The highest BCUT2D eigenvalue weighted by atomic mass is 16.5. The summed E-state index contributed by atoms with van der Waals surface area (Å²) < 4.78 is 4.59. The quantitative estimate of drug-likeness (QED) is 0.397. The second-order valence-electron chi connectivity index (χ2n) is 2.39. The number of ether oxygens (including phenoxy) is 1. The summed E-state index contributed by atoms with van der Waals surface area (Å²) in [5.74, 6) is -0.753. The van der Waals surface area contributed by atoms with Crippen molar-refractivity contribution in [3.8, 4) is 6.07 Å². The van der Waals surface area contributed by atoms with Crippen molar-refractivity contribution in [1.82, 2.24) is 10.6 Å². The van der Waals surface area contributed by atoms with Crippen LogP contribution >= 0.6 is 0 Å². The lowest BCUT2D eigenvalue weighted by atomic mass is 10.3. The van der Waals surface area contributed by atoms with Crippen LogP contribution in [0.4, 0.5) is 4.79 Å². The maximum absolute atomic E-state index is 11.1. The normalized spacial score (nSPS) is 10.1. The molecule has 0 aromatic carbocycles. The summed E-state index contributed by atoms with van der Waals surface area (Å²) in [6.45, 7) is 4.02. The van der Waals surface area contributed by atoms with Crippen LogP contribution in [0.25, 0.3) is 0 Å². The molecule has 0 bridgehead atoms. The minimum absolute atomic E-state index is 0.180. The molecule has 0 atom stereocenters. The maximum Gasteiger partial charge on any atom is 0.350 e. The lowest BCUT2D eigenvalue weighted by Crippen LogP contribution is -2.32. The van der Waals surface area contributed by atoms with Gasteiger partial charge in [0.05, 0.1) is 6.61 Å². The molecule has 82 valence electrons. The topological polar surface area (TPSA) is 91.2 Å². The van der Waals surface area contributed by atoms with Crippen LogP contribution in [0.2, 0.25) is 0 Å². The lowest BCUT2D eigenvalue weighted by molar-refractivity contribution is -0.138. The van der Waals surface area contributed by atoms with Crippen LogP contribution in [-0.4, -0.2) is 25.2 Å². The Labute approximate surface area is 87.9 Å². The first-order valence-electron chi connectivity index (χ1n) is 4.47. The van der Waals surface area contributed by atoms with E-state index in [4.69, 9.17) is 5.26 Å². The summed E-state index contributed by atoms with van der Waals surface area (Å²) >= 11 is 0. The maximum atomic E-state index is 11.1. The summed E-state index contributed by atoms with van der Waals surface area (Å²) in [7, 11) is 0. The molecule has 0 aliphatic carbocycles. The van der Waals surface area contributed by atoms with Gasteiger partial charge >= 0.3 is 12.0 Å². The van der Waals surface area contributed by atoms with Crippen LogP contribution in [-0.2, 0) is 9.53 Å². The van der Waals surface area contributed by atoms with Crippen LogP contribution in [0.15, 0.2) is 11.8 Å². The van der Waals surface area contributed by atoms with Crippen molar-refractivity contribution in [3.05, 3.63) is 11.8 Å². The molecule has 6 nitrogen and oxygen atoms in total. The number of esters is 1. The molecule has 0 saturated heterocycles. The van der Waals surface area contributed by atoms with E-state index < -0.39 is 12.0 Å². The van der Waals surface area contributed by atoms with Crippen molar-refractivity contribution in [1.29, 1.82) is 5.26 Å². The van der Waals surface area contributed by atoms with E-state index >= 15 is 0 Å². The number of amides is 2. The average Bonchev–Trinajstić information content (AvgIpc) is 2.19. The van der Waals surface area contributed by atoms with Crippen molar-refractivity contribution in [2.24, 2.45) is 0 Å². The van der Waals surface area contributed by atoms with Crippen LogP contribution in [0, 0.1) is 11.3 Å². The molecular weight excluding hydrogens is 198 g/mol. The molecule has 0 aromatic heterocycles. The molecule has 15 heavy (non-hydrogen) atoms. The number of rotatable bonds is 4. The number of urea groups is 1. The van der Waals surface area contributed by atoms with Gasteiger partial charge in [0.1, 0.15) is 6.07 Å². The Hall–Kier alpha value is -2.03. The Kier molecular flexibility index (Phi) is 6.38. The van der Waals surface area contributed by atoms with Gasteiger partial charge in [-0.2, -0.15) is 5.26 Å². The first kappa shape index (κ1) is 13.0. The minimum atomic E-state index is -0.753. The Balaban J connectivity index is 4.30. The number of nitriles is 1. The number of hydrogen-bond acceptors (Lipinski definition) is 4. The third-order valence-corrected chi connectivity index (χ3v) is 1.30. The van der Waals surface area contributed by atoms with Crippen molar-refractivity contribution < 1.29 is 14.3 Å². The highest BCUT2D eigenvalue weighted by Crippen LogP contribution is 1.94. The second-order valence-corrected chi connectivity index (χ2v) is 2.39. The van der Waals surface area contributed by atoms with E-state index in [1.807, 2.05) is 0 Å². The molecule has 2 amide bonds. The van der Waals surface area contributed by atoms with Gasteiger partial charge in [0, 0.05) is 12.7 Å². The third-order valence-electron chi connectivity index (χ3n) is 1.30.